The summed E-state index contributed by atoms with van der Waals surface area (Å²) in [5.74, 6) is 0. The van der Waals surface area contributed by atoms with Crippen molar-refractivity contribution in [2.75, 3.05) is 0 Å². The lowest BCUT2D eigenvalue weighted by Crippen LogP contribution is -2.26. The van der Waals surface area contributed by atoms with Crippen LogP contribution in [0.1, 0.15) is 403 Å². The van der Waals surface area contributed by atoms with Crippen LogP contribution < -0.4 is 0 Å². The van der Waals surface area contributed by atoms with E-state index >= 15 is 0 Å². The smallest absolute Gasteiger partial charge is 0.114 e. The van der Waals surface area contributed by atoms with E-state index in [1.54, 1.807) is 22.3 Å². The van der Waals surface area contributed by atoms with E-state index in [1.165, 1.54) is 468 Å². The number of hydrogen-bond acceptors (Lipinski definition) is 10. The van der Waals surface area contributed by atoms with Gasteiger partial charge >= 0.3 is 0 Å². The van der Waals surface area contributed by atoms with Gasteiger partial charge < -0.3 is 0 Å². The molecule has 0 bridgehead atoms. The molecule has 0 fully saturated rings. The lowest BCUT2D eigenvalue weighted by molar-refractivity contribution is 0.398. The van der Waals surface area contributed by atoms with Gasteiger partial charge in [-0.15, -0.1) is 45.3 Å². The highest BCUT2D eigenvalue weighted by atomic mass is 32.1. The minimum atomic E-state index is 0.0212. The van der Waals surface area contributed by atoms with Crippen LogP contribution in [-0.4, -0.2) is 17.5 Å². The van der Waals surface area contributed by atoms with Crippen LogP contribution in [0.5, 0.6) is 0 Å². The summed E-state index contributed by atoms with van der Waals surface area (Å²) in [6.45, 7) is 28.0. The molecule has 2 aliphatic rings. The third-order valence-corrected chi connectivity index (χ3v) is 36.1. The molecule has 6 heterocycles. The zero-order valence-electron chi connectivity index (χ0n) is 83.0. The van der Waals surface area contributed by atoms with Crippen molar-refractivity contribution in [1.82, 2.24) is 17.5 Å². The monoisotopic (exact) mass is 1870 g/mol. The molecule has 0 N–H and O–H groups in total. The van der Waals surface area contributed by atoms with E-state index in [2.05, 4.69) is 229 Å². The maximum Gasteiger partial charge on any atom is 0.114 e. The number of hydrogen-bond donors (Lipinski definition) is 0. The zero-order chi connectivity index (χ0) is 91.8. The number of benzene rings is 8. The Bertz CT molecular complexity index is 6010. The predicted octanol–water partition coefficient (Wildman–Crippen LogP) is 41.2. The molecule has 0 saturated carbocycles. The number of fused-ring (bicyclic) bond motifs is 12. The summed E-state index contributed by atoms with van der Waals surface area (Å²) < 4.78 is 20.1. The molecule has 2 aliphatic carbocycles. The quantitative estimate of drug-likeness (QED) is 0.0357. The van der Waals surface area contributed by atoms with Crippen molar-refractivity contribution in [2.45, 2.75) is 402 Å². The van der Waals surface area contributed by atoms with Crippen molar-refractivity contribution in [3.8, 4) is 84.9 Å². The van der Waals surface area contributed by atoms with Crippen LogP contribution in [0.3, 0.4) is 0 Å². The fourth-order valence-electron chi connectivity index (χ4n) is 22.8. The molecule has 4 nitrogen and oxygen atoms in total. The van der Waals surface area contributed by atoms with Gasteiger partial charge in [-0.2, -0.15) is 17.5 Å². The number of thiophene rings is 4. The van der Waals surface area contributed by atoms with Gasteiger partial charge in [-0.3, -0.25) is 0 Å². The van der Waals surface area contributed by atoms with E-state index in [0.717, 1.165) is 34.9 Å². The Kier molecular flexibility index (Phi) is 36.9. The molecule has 0 spiro atoms. The number of unbranched alkanes of at least 4 members (excludes halogenated alkanes) is 32. The van der Waals surface area contributed by atoms with Gasteiger partial charge in [0.25, 0.3) is 0 Å². The first-order valence-corrected chi connectivity index (χ1v) is 57.9. The minimum absolute atomic E-state index is 0.0212. The Morgan fingerprint density at radius 1 is 0.235 bits per heavy atom. The molecule has 700 valence electrons. The van der Waals surface area contributed by atoms with E-state index in [-0.39, 0.29) is 10.8 Å². The molecular weight excluding hydrogens is 1710 g/mol. The van der Waals surface area contributed by atoms with Gasteiger partial charge in [-0.1, -0.05) is 396 Å². The third-order valence-electron chi connectivity index (χ3n) is 30.2. The lowest BCUT2D eigenvalue weighted by atomic mass is 9.70. The largest absolute Gasteiger partial charge is 0.172 e. The molecule has 132 heavy (non-hydrogen) atoms. The Labute approximate surface area is 821 Å². The minimum Gasteiger partial charge on any atom is -0.172 e. The highest BCUT2D eigenvalue weighted by molar-refractivity contribution is 7.19. The maximum absolute atomic E-state index is 5.08. The highest BCUT2D eigenvalue weighted by Gasteiger charge is 2.46. The average molecular weight is 1870 g/mol. The summed E-state index contributed by atoms with van der Waals surface area (Å²) in [7, 11) is 0. The van der Waals surface area contributed by atoms with Crippen LogP contribution in [0.2, 0.25) is 0 Å². The Morgan fingerprint density at radius 3 is 0.818 bits per heavy atom. The summed E-state index contributed by atoms with van der Waals surface area (Å²) in [5, 5.41) is 5.68. The summed E-state index contributed by atoms with van der Waals surface area (Å²) in [6.07, 6.45) is 62.0. The first-order valence-electron chi connectivity index (χ1n) is 53.2. The van der Waals surface area contributed by atoms with Crippen LogP contribution in [0, 0.1) is 27.7 Å². The SMILES string of the molecule is CCCCCCCCc1cc(-c2ccc(-c3cc(CCCCCCCC)c(-c4ccc5c(c4)C(CCCCCCCC)(CCCCCCCC)c4cc(C)c6ccccc6c4-5)s3)c3nsnc23)sc1C.CCCCCCc1cc(-c2ccc(-c3cc(CCCCCC)c(-c4ccc5c(c4)C(CCCCCC)(CCCCCC)c4cc(C)c6ccccc6c4-5)s3)c3nsnc23)sc1C. The van der Waals surface area contributed by atoms with Crippen LogP contribution in [0.25, 0.3) is 129 Å². The molecule has 10 heteroatoms. The fourth-order valence-corrected chi connectivity index (χ4v) is 28.6. The number of nitrogens with zero attached hydrogens (tertiary/aromatic N) is 4. The van der Waals surface area contributed by atoms with Crippen molar-refractivity contribution in [3.05, 3.63) is 211 Å². The second-order valence-electron chi connectivity index (χ2n) is 39.9. The van der Waals surface area contributed by atoms with E-state index in [9.17, 15) is 0 Å². The van der Waals surface area contributed by atoms with Crippen LogP contribution in [0.15, 0.2) is 146 Å². The maximum atomic E-state index is 5.08. The Morgan fingerprint density at radius 2 is 0.492 bits per heavy atom. The molecule has 16 rings (SSSR count). The number of rotatable bonds is 54. The van der Waals surface area contributed by atoms with Crippen molar-refractivity contribution in [3.63, 3.8) is 0 Å². The Hall–Kier alpha value is -7.28. The number of aromatic nitrogens is 4. The summed E-state index contributed by atoms with van der Waals surface area (Å²) in [6, 6.07) is 58.7. The number of aryl methyl sites for hydroxylation is 8. The van der Waals surface area contributed by atoms with Crippen molar-refractivity contribution < 1.29 is 0 Å². The van der Waals surface area contributed by atoms with Crippen LogP contribution in [-0.2, 0) is 36.5 Å². The van der Waals surface area contributed by atoms with Gasteiger partial charge in [0, 0.05) is 72.1 Å². The fraction of sp³-hybridized carbons (Fsp3) is 0.508. The molecule has 0 amide bonds. The van der Waals surface area contributed by atoms with Crippen molar-refractivity contribution >= 4 is 112 Å². The van der Waals surface area contributed by atoms with Gasteiger partial charge in [0.15, 0.2) is 0 Å². The van der Waals surface area contributed by atoms with Crippen LogP contribution >= 0.6 is 68.8 Å². The molecule has 14 aromatic rings. The van der Waals surface area contributed by atoms with Gasteiger partial charge in [-0.25, -0.2) is 0 Å². The summed E-state index contributed by atoms with van der Waals surface area (Å²) in [4.78, 5) is 11.1. The molecule has 0 aliphatic heterocycles. The summed E-state index contributed by atoms with van der Waals surface area (Å²) in [5.41, 5.74) is 33.3. The van der Waals surface area contributed by atoms with E-state index < -0.39 is 0 Å². The zero-order valence-corrected chi connectivity index (χ0v) is 87.9. The van der Waals surface area contributed by atoms with E-state index in [1.807, 2.05) is 45.3 Å². The predicted molar refractivity (Wildman–Crippen MR) is 589 cm³/mol. The Balaban J connectivity index is 0.000000203. The van der Waals surface area contributed by atoms with Crippen molar-refractivity contribution in [1.29, 1.82) is 0 Å². The van der Waals surface area contributed by atoms with Crippen molar-refractivity contribution in [2.24, 2.45) is 0 Å². The molecule has 6 aromatic heterocycles. The molecular formula is C122H156N4S6. The van der Waals surface area contributed by atoms with Gasteiger partial charge in [0.05, 0.1) is 23.5 Å². The van der Waals surface area contributed by atoms with Gasteiger partial charge in [0.2, 0.25) is 0 Å². The molecule has 0 unspecified atom stereocenters. The first kappa shape index (κ1) is 99.2. The standard InChI is InChI=1S/C65H86N2S3.C57H70N2S3/c1-7-11-15-19-23-27-33-49-45-59(68-48(49)6)55-39-40-56(63-62(55)66-70-67-63)60-46-50(34-28-24-20-16-12-8-2)64(69-60)51-37-38-54-57(44-51)65(41-31-25-21-17-13-9-3,42-32-26-22-18-14-10-4)58-43-47(5)52-35-29-30-36-53(52)61(54)58;1-7-11-15-19-25-41-37-51(60-40(41)6)47-31-32-48(55-54(47)58-62-59-55)52-38-42(26-20-16-12-8-2)56(61-52)43-29-30-46-49(36-43)57(33-23-17-13-9-3,34-24-18-14-10-4)50-35-39(5)44-27-21-22-28-45(44)53(46)50/h29-30,35-40,43-46H,7-28,31-34,41-42H2,1-6H3;21-22,27-32,35-38H,7-20,23-26,33-34H2,1-6H3. The molecule has 8 aromatic carbocycles. The third kappa shape index (κ3) is 22.7. The normalized spacial score (nSPS) is 13.1. The van der Waals surface area contributed by atoms with Gasteiger partial charge in [-0.05, 0) is 252 Å². The molecule has 0 atom stereocenters. The second-order valence-corrected chi connectivity index (χ2v) is 45.6. The second kappa shape index (κ2) is 49.1. The lowest BCUT2D eigenvalue weighted by Gasteiger charge is -2.33. The molecule has 0 saturated heterocycles. The van der Waals surface area contributed by atoms with Gasteiger partial charge in [0.1, 0.15) is 22.1 Å². The molecule has 0 radical (unpaired) electrons. The van der Waals surface area contributed by atoms with E-state index in [4.69, 9.17) is 17.5 Å². The van der Waals surface area contributed by atoms with Crippen LogP contribution in [0.4, 0.5) is 0 Å². The highest BCUT2D eigenvalue weighted by Crippen LogP contribution is 2.61. The van der Waals surface area contributed by atoms with E-state index in [0.29, 0.717) is 0 Å². The topological polar surface area (TPSA) is 51.6 Å². The summed E-state index contributed by atoms with van der Waals surface area (Å²) >= 11 is 10.6. The average Bonchev–Trinajstić information content (AvgIpc) is 1.55. The first-order chi connectivity index (χ1) is 64.8.